The van der Waals surface area contributed by atoms with Crippen molar-refractivity contribution in [2.24, 2.45) is 5.41 Å². The van der Waals surface area contributed by atoms with Gasteiger partial charge in [-0.2, -0.15) is 0 Å². The highest BCUT2D eigenvalue weighted by molar-refractivity contribution is 4.87. The zero-order chi connectivity index (χ0) is 13.1. The summed E-state index contributed by atoms with van der Waals surface area (Å²) in [6, 6.07) is 1.12. The minimum absolute atomic E-state index is 0.285. The van der Waals surface area contributed by atoms with E-state index >= 15 is 0 Å². The largest absolute Gasteiger partial charge is 0.377 e. The summed E-state index contributed by atoms with van der Waals surface area (Å²) in [5, 5.41) is 3.53. The topological polar surface area (TPSA) is 24.5 Å². The van der Waals surface area contributed by atoms with E-state index in [1.807, 2.05) is 0 Å². The monoisotopic (exact) mass is 242 g/mol. The highest BCUT2D eigenvalue weighted by Crippen LogP contribution is 2.26. The van der Waals surface area contributed by atoms with E-state index in [2.05, 4.69) is 51.9 Å². The van der Waals surface area contributed by atoms with Crippen LogP contribution in [-0.2, 0) is 4.74 Å². The molecule has 17 heavy (non-hydrogen) atoms. The van der Waals surface area contributed by atoms with Crippen LogP contribution in [0.1, 0.15) is 41.0 Å². The van der Waals surface area contributed by atoms with Gasteiger partial charge < -0.3 is 15.0 Å². The Morgan fingerprint density at radius 1 is 1.47 bits per heavy atom. The fraction of sp³-hybridized carbons (Fsp3) is 1.00. The molecule has 0 aromatic carbocycles. The molecule has 0 aromatic rings. The second-order valence-corrected chi connectivity index (χ2v) is 6.11. The van der Waals surface area contributed by atoms with Crippen molar-refractivity contribution in [2.75, 3.05) is 26.7 Å². The zero-order valence-electron chi connectivity index (χ0n) is 12.4. The third-order valence-electron chi connectivity index (χ3n) is 4.24. The summed E-state index contributed by atoms with van der Waals surface area (Å²) in [6.07, 6.45) is 1.55. The van der Waals surface area contributed by atoms with E-state index in [1.54, 1.807) is 0 Å². The van der Waals surface area contributed by atoms with Gasteiger partial charge in [0.2, 0.25) is 0 Å². The molecule has 1 aliphatic heterocycles. The van der Waals surface area contributed by atoms with Crippen LogP contribution in [0.15, 0.2) is 0 Å². The molecular weight excluding hydrogens is 212 g/mol. The first-order valence-corrected chi connectivity index (χ1v) is 6.93. The van der Waals surface area contributed by atoms with Gasteiger partial charge in [0.15, 0.2) is 0 Å². The molecule has 3 unspecified atom stereocenters. The molecule has 0 radical (unpaired) electrons. The molecule has 102 valence electrons. The molecule has 1 saturated heterocycles. The van der Waals surface area contributed by atoms with Gasteiger partial charge in [-0.15, -0.1) is 0 Å². The van der Waals surface area contributed by atoms with Crippen LogP contribution >= 0.6 is 0 Å². The second kappa shape index (κ2) is 6.17. The minimum atomic E-state index is 0.285. The fourth-order valence-electron chi connectivity index (χ4n) is 2.78. The molecule has 1 N–H and O–H groups in total. The van der Waals surface area contributed by atoms with E-state index in [0.717, 1.165) is 19.7 Å². The van der Waals surface area contributed by atoms with Gasteiger partial charge in [0, 0.05) is 25.2 Å². The number of nitrogens with one attached hydrogen (secondary N) is 1. The molecule has 1 aliphatic rings. The van der Waals surface area contributed by atoms with E-state index in [-0.39, 0.29) is 5.41 Å². The smallest absolute Gasteiger partial charge is 0.0702 e. The van der Waals surface area contributed by atoms with Gasteiger partial charge in [0.1, 0.15) is 0 Å². The Kier molecular flexibility index (Phi) is 5.42. The summed E-state index contributed by atoms with van der Waals surface area (Å²) in [5.74, 6) is 0. The van der Waals surface area contributed by atoms with Crippen molar-refractivity contribution in [3.63, 3.8) is 0 Å². The molecule has 0 amide bonds. The van der Waals surface area contributed by atoms with Crippen molar-refractivity contribution in [3.05, 3.63) is 0 Å². The third kappa shape index (κ3) is 3.94. The number of hydrogen-bond acceptors (Lipinski definition) is 3. The number of likely N-dealkylation sites (N-methyl/N-ethyl adjacent to an activating group) is 1. The van der Waals surface area contributed by atoms with Gasteiger partial charge in [0.25, 0.3) is 0 Å². The molecule has 3 atom stereocenters. The number of ether oxygens (including phenoxy) is 1. The van der Waals surface area contributed by atoms with E-state index < -0.39 is 0 Å². The van der Waals surface area contributed by atoms with Crippen LogP contribution in [0.3, 0.4) is 0 Å². The summed E-state index contributed by atoms with van der Waals surface area (Å²) in [6.45, 7) is 14.4. The van der Waals surface area contributed by atoms with Crippen LogP contribution in [-0.4, -0.2) is 49.8 Å². The van der Waals surface area contributed by atoms with Crippen molar-refractivity contribution in [1.82, 2.24) is 10.2 Å². The first-order chi connectivity index (χ1) is 7.88. The van der Waals surface area contributed by atoms with Crippen molar-refractivity contribution in [3.8, 4) is 0 Å². The molecule has 0 bridgehead atoms. The Morgan fingerprint density at radius 3 is 2.59 bits per heavy atom. The molecule has 0 saturated carbocycles. The van der Waals surface area contributed by atoms with Gasteiger partial charge in [-0.05, 0) is 39.3 Å². The number of hydrogen-bond donors (Lipinski definition) is 1. The summed E-state index contributed by atoms with van der Waals surface area (Å²) >= 11 is 0. The Morgan fingerprint density at radius 2 is 2.12 bits per heavy atom. The maximum Gasteiger partial charge on any atom is 0.0702 e. The first kappa shape index (κ1) is 14.9. The second-order valence-electron chi connectivity index (χ2n) is 6.11. The fourth-order valence-corrected chi connectivity index (χ4v) is 2.78. The SMILES string of the molecule is CCNC(C)C(C)(C)CN(C)C1CCOC1C. The highest BCUT2D eigenvalue weighted by Gasteiger charge is 2.33. The van der Waals surface area contributed by atoms with Crippen molar-refractivity contribution < 1.29 is 4.74 Å². The van der Waals surface area contributed by atoms with Crippen molar-refractivity contribution in [2.45, 2.75) is 59.2 Å². The number of rotatable bonds is 6. The predicted octanol–water partition coefficient (Wildman–Crippen LogP) is 2.12. The van der Waals surface area contributed by atoms with E-state index in [0.29, 0.717) is 18.2 Å². The molecule has 1 heterocycles. The molecule has 1 rings (SSSR count). The Bertz CT molecular complexity index is 230. The lowest BCUT2D eigenvalue weighted by Crippen LogP contribution is -2.49. The Labute approximate surface area is 107 Å². The molecular formula is C14H30N2O. The highest BCUT2D eigenvalue weighted by atomic mass is 16.5. The van der Waals surface area contributed by atoms with E-state index in [4.69, 9.17) is 4.74 Å². The maximum atomic E-state index is 5.65. The van der Waals surface area contributed by atoms with Crippen LogP contribution in [0, 0.1) is 5.41 Å². The van der Waals surface area contributed by atoms with Crippen LogP contribution in [0.2, 0.25) is 0 Å². The third-order valence-corrected chi connectivity index (χ3v) is 4.24. The van der Waals surface area contributed by atoms with Gasteiger partial charge in [-0.3, -0.25) is 0 Å². The maximum absolute atomic E-state index is 5.65. The van der Waals surface area contributed by atoms with Crippen molar-refractivity contribution >= 4 is 0 Å². The normalized spacial score (nSPS) is 27.7. The van der Waals surface area contributed by atoms with Crippen molar-refractivity contribution in [1.29, 1.82) is 0 Å². The number of nitrogens with zero attached hydrogens (tertiary/aromatic N) is 1. The van der Waals surface area contributed by atoms with Gasteiger partial charge in [-0.25, -0.2) is 0 Å². The van der Waals surface area contributed by atoms with Crippen LogP contribution in [0.4, 0.5) is 0 Å². The van der Waals surface area contributed by atoms with Gasteiger partial charge >= 0.3 is 0 Å². The predicted molar refractivity (Wildman–Crippen MR) is 73.4 cm³/mol. The Hall–Kier alpha value is -0.120. The van der Waals surface area contributed by atoms with Crippen LogP contribution < -0.4 is 5.32 Å². The van der Waals surface area contributed by atoms with E-state index in [1.165, 1.54) is 6.42 Å². The van der Waals surface area contributed by atoms with E-state index in [9.17, 15) is 0 Å². The Balaban J connectivity index is 2.51. The summed E-state index contributed by atoms with van der Waals surface area (Å²) in [7, 11) is 2.23. The average Bonchev–Trinajstić information content (AvgIpc) is 2.64. The molecule has 0 spiro atoms. The summed E-state index contributed by atoms with van der Waals surface area (Å²) in [5.41, 5.74) is 0.285. The van der Waals surface area contributed by atoms with Gasteiger partial charge in [0.05, 0.1) is 6.10 Å². The van der Waals surface area contributed by atoms with Crippen LogP contribution in [0.25, 0.3) is 0 Å². The lowest BCUT2D eigenvalue weighted by Gasteiger charge is -2.38. The zero-order valence-corrected chi connectivity index (χ0v) is 12.4. The lowest BCUT2D eigenvalue weighted by molar-refractivity contribution is 0.0629. The van der Waals surface area contributed by atoms with Crippen LogP contribution in [0.5, 0.6) is 0 Å². The summed E-state index contributed by atoms with van der Waals surface area (Å²) in [4.78, 5) is 2.48. The summed E-state index contributed by atoms with van der Waals surface area (Å²) < 4.78 is 5.65. The standard InChI is InChI=1S/C14H30N2O/c1-7-15-12(3)14(4,5)10-16(6)13-8-9-17-11(13)2/h11-13,15H,7-10H2,1-6H3. The molecule has 3 heteroatoms. The molecule has 1 fully saturated rings. The lowest BCUT2D eigenvalue weighted by atomic mass is 9.84. The first-order valence-electron chi connectivity index (χ1n) is 6.93. The molecule has 0 aromatic heterocycles. The van der Waals surface area contributed by atoms with Gasteiger partial charge in [-0.1, -0.05) is 20.8 Å². The quantitative estimate of drug-likeness (QED) is 0.772. The average molecular weight is 242 g/mol. The molecule has 0 aliphatic carbocycles. The minimum Gasteiger partial charge on any atom is -0.377 e. The molecule has 3 nitrogen and oxygen atoms in total.